The summed E-state index contributed by atoms with van der Waals surface area (Å²) in [5, 5.41) is 9.33. The summed E-state index contributed by atoms with van der Waals surface area (Å²) in [6.07, 6.45) is 2.13. The second-order valence-electron chi connectivity index (χ2n) is 4.84. The van der Waals surface area contributed by atoms with Crippen molar-refractivity contribution in [3.05, 3.63) is 40.0 Å². The van der Waals surface area contributed by atoms with Crippen LogP contribution in [0.25, 0.3) is 6.08 Å². The Kier molecular flexibility index (Phi) is 4.31. The summed E-state index contributed by atoms with van der Waals surface area (Å²) in [7, 11) is 0. The van der Waals surface area contributed by atoms with Crippen LogP contribution in [0.4, 0.5) is 0 Å². The molecule has 1 aromatic rings. The topological polar surface area (TPSA) is 20.2 Å². The first-order chi connectivity index (χ1) is 7.45. The molecule has 1 N–H and O–H groups in total. The maximum Gasteiger partial charge on any atom is 0.0647 e. The van der Waals surface area contributed by atoms with Gasteiger partial charge in [0.15, 0.2) is 0 Å². The third-order valence-corrected chi connectivity index (χ3v) is 2.99. The predicted molar refractivity (Wildman–Crippen MR) is 70.6 cm³/mol. The Morgan fingerprint density at radius 2 is 1.69 bits per heavy atom. The van der Waals surface area contributed by atoms with Crippen molar-refractivity contribution >= 4 is 6.08 Å². The number of benzene rings is 1. The number of aliphatic hydroxyl groups excluding tert-OH is 1. The first-order valence-corrected chi connectivity index (χ1v) is 5.85. The highest BCUT2D eigenvalue weighted by Gasteiger charge is 2.06. The minimum Gasteiger partial charge on any atom is -0.392 e. The van der Waals surface area contributed by atoms with Crippen molar-refractivity contribution < 1.29 is 5.11 Å². The molecule has 0 heterocycles. The van der Waals surface area contributed by atoms with Gasteiger partial charge < -0.3 is 5.11 Å². The van der Waals surface area contributed by atoms with Crippen LogP contribution in [0.15, 0.2) is 17.7 Å². The van der Waals surface area contributed by atoms with Gasteiger partial charge in [-0.25, -0.2) is 0 Å². The van der Waals surface area contributed by atoms with Gasteiger partial charge in [0, 0.05) is 0 Å². The van der Waals surface area contributed by atoms with E-state index >= 15 is 0 Å². The number of hydrogen-bond acceptors (Lipinski definition) is 1. The highest BCUT2D eigenvalue weighted by Crippen LogP contribution is 2.21. The molecule has 0 saturated carbocycles. The molecule has 1 rings (SSSR count). The summed E-state index contributed by atoms with van der Waals surface area (Å²) >= 11 is 0. The number of rotatable bonds is 3. The fraction of sp³-hybridized carbons (Fsp3) is 0.467. The van der Waals surface area contributed by atoms with Gasteiger partial charge in [-0.1, -0.05) is 37.6 Å². The molecule has 0 spiro atoms. The summed E-state index contributed by atoms with van der Waals surface area (Å²) in [5.41, 5.74) is 6.20. The molecule has 0 amide bonds. The van der Waals surface area contributed by atoms with Gasteiger partial charge in [0.25, 0.3) is 0 Å². The minimum absolute atomic E-state index is 0.143. The Morgan fingerprint density at radius 1 is 1.19 bits per heavy atom. The standard InChI is InChI=1S/C15H22O/c1-10(2)14(9-16)8-15-12(4)6-11(3)7-13(15)5/h6-8,10,16H,9H2,1-5H3. The number of hydrogen-bond donors (Lipinski definition) is 1. The first kappa shape index (κ1) is 13.0. The maximum absolute atomic E-state index is 9.33. The molecule has 0 bridgehead atoms. The lowest BCUT2D eigenvalue weighted by Crippen LogP contribution is -2.00. The zero-order chi connectivity index (χ0) is 12.3. The largest absolute Gasteiger partial charge is 0.392 e. The Hall–Kier alpha value is -1.08. The van der Waals surface area contributed by atoms with E-state index < -0.39 is 0 Å². The molecule has 1 aromatic carbocycles. The molecular weight excluding hydrogens is 196 g/mol. The van der Waals surface area contributed by atoms with Gasteiger partial charge in [0.1, 0.15) is 0 Å². The van der Waals surface area contributed by atoms with Gasteiger partial charge in [-0.3, -0.25) is 0 Å². The molecule has 0 aromatic heterocycles. The summed E-state index contributed by atoms with van der Waals surface area (Å²) in [6.45, 7) is 10.7. The molecule has 16 heavy (non-hydrogen) atoms. The van der Waals surface area contributed by atoms with Crippen molar-refractivity contribution in [2.24, 2.45) is 5.92 Å². The average Bonchev–Trinajstić information content (AvgIpc) is 2.15. The summed E-state index contributed by atoms with van der Waals surface area (Å²) in [6, 6.07) is 4.38. The zero-order valence-corrected chi connectivity index (χ0v) is 11.0. The van der Waals surface area contributed by atoms with Crippen molar-refractivity contribution in [3.63, 3.8) is 0 Å². The van der Waals surface area contributed by atoms with E-state index in [0.717, 1.165) is 5.57 Å². The van der Waals surface area contributed by atoms with E-state index in [9.17, 15) is 5.11 Å². The SMILES string of the molecule is Cc1cc(C)c(C=C(CO)C(C)C)c(C)c1. The van der Waals surface area contributed by atoms with Crippen LogP contribution in [0, 0.1) is 26.7 Å². The molecule has 1 nitrogen and oxygen atoms in total. The molecule has 88 valence electrons. The molecular formula is C15H22O. The molecule has 0 saturated heterocycles. The van der Waals surface area contributed by atoms with Crippen LogP contribution in [0.1, 0.15) is 36.1 Å². The second kappa shape index (κ2) is 5.31. The van der Waals surface area contributed by atoms with E-state index in [4.69, 9.17) is 0 Å². The molecule has 0 unspecified atom stereocenters. The van der Waals surface area contributed by atoms with E-state index in [-0.39, 0.29) is 6.61 Å². The van der Waals surface area contributed by atoms with E-state index in [1.54, 1.807) is 0 Å². The summed E-state index contributed by atoms with van der Waals surface area (Å²) in [5.74, 6) is 0.394. The third-order valence-electron chi connectivity index (χ3n) is 2.99. The summed E-state index contributed by atoms with van der Waals surface area (Å²) < 4.78 is 0. The Balaban J connectivity index is 3.23. The molecule has 0 fully saturated rings. The van der Waals surface area contributed by atoms with Gasteiger partial charge in [0.05, 0.1) is 6.61 Å². The lowest BCUT2D eigenvalue weighted by Gasteiger charge is -2.12. The summed E-state index contributed by atoms with van der Waals surface area (Å²) in [4.78, 5) is 0. The molecule has 0 radical (unpaired) electrons. The lowest BCUT2D eigenvalue weighted by molar-refractivity contribution is 0.320. The molecule has 0 aliphatic heterocycles. The minimum atomic E-state index is 0.143. The van der Waals surface area contributed by atoms with E-state index in [1.165, 1.54) is 22.3 Å². The van der Waals surface area contributed by atoms with Crippen molar-refractivity contribution in [1.29, 1.82) is 0 Å². The average molecular weight is 218 g/mol. The lowest BCUT2D eigenvalue weighted by atomic mass is 9.95. The first-order valence-electron chi connectivity index (χ1n) is 5.85. The van der Waals surface area contributed by atoms with Gasteiger partial charge in [0.2, 0.25) is 0 Å². The number of aliphatic hydroxyl groups is 1. The van der Waals surface area contributed by atoms with E-state index in [2.05, 4.69) is 52.8 Å². The molecule has 1 heteroatoms. The van der Waals surface area contributed by atoms with E-state index in [1.807, 2.05) is 0 Å². The predicted octanol–water partition coefficient (Wildman–Crippen LogP) is 3.64. The van der Waals surface area contributed by atoms with Crippen molar-refractivity contribution in [2.45, 2.75) is 34.6 Å². The van der Waals surface area contributed by atoms with Crippen LogP contribution < -0.4 is 0 Å². The van der Waals surface area contributed by atoms with Crippen LogP contribution in [0.5, 0.6) is 0 Å². The fourth-order valence-corrected chi connectivity index (χ4v) is 2.00. The normalized spacial score (nSPS) is 12.3. The zero-order valence-electron chi connectivity index (χ0n) is 11.0. The van der Waals surface area contributed by atoms with Crippen molar-refractivity contribution in [2.75, 3.05) is 6.61 Å². The van der Waals surface area contributed by atoms with Crippen molar-refractivity contribution in [3.8, 4) is 0 Å². The quantitative estimate of drug-likeness (QED) is 0.821. The van der Waals surface area contributed by atoms with Crippen LogP contribution in [-0.2, 0) is 0 Å². The molecule has 0 atom stereocenters. The van der Waals surface area contributed by atoms with Crippen LogP contribution in [0.3, 0.4) is 0 Å². The Bertz CT molecular complexity index is 377. The van der Waals surface area contributed by atoms with Gasteiger partial charge in [-0.15, -0.1) is 0 Å². The van der Waals surface area contributed by atoms with E-state index in [0.29, 0.717) is 5.92 Å². The number of aryl methyl sites for hydroxylation is 3. The molecule has 0 aliphatic rings. The Morgan fingerprint density at radius 3 is 2.06 bits per heavy atom. The Labute approximate surface area is 98.8 Å². The van der Waals surface area contributed by atoms with Gasteiger partial charge >= 0.3 is 0 Å². The van der Waals surface area contributed by atoms with Gasteiger partial charge in [-0.2, -0.15) is 0 Å². The van der Waals surface area contributed by atoms with Crippen LogP contribution in [0.2, 0.25) is 0 Å². The molecule has 0 aliphatic carbocycles. The maximum atomic E-state index is 9.33. The van der Waals surface area contributed by atoms with Crippen LogP contribution in [-0.4, -0.2) is 11.7 Å². The highest BCUT2D eigenvalue weighted by molar-refractivity contribution is 5.61. The van der Waals surface area contributed by atoms with Gasteiger partial charge in [-0.05, 0) is 49.0 Å². The third kappa shape index (κ3) is 2.96. The monoisotopic (exact) mass is 218 g/mol. The highest BCUT2D eigenvalue weighted by atomic mass is 16.3. The smallest absolute Gasteiger partial charge is 0.0647 e. The van der Waals surface area contributed by atoms with Crippen LogP contribution >= 0.6 is 0 Å². The second-order valence-corrected chi connectivity index (χ2v) is 4.84. The fourth-order valence-electron chi connectivity index (χ4n) is 2.00. The van der Waals surface area contributed by atoms with Crippen molar-refractivity contribution in [1.82, 2.24) is 0 Å².